The maximum absolute atomic E-state index is 10.8. The van der Waals surface area contributed by atoms with Crippen molar-refractivity contribution in [3.8, 4) is 6.07 Å². The fourth-order valence-electron chi connectivity index (χ4n) is 0.936. The zero-order valence-corrected chi connectivity index (χ0v) is 9.08. The van der Waals surface area contributed by atoms with E-state index in [9.17, 15) is 4.79 Å². The summed E-state index contributed by atoms with van der Waals surface area (Å²) in [5.74, 6) is 0.752. The van der Waals surface area contributed by atoms with Gasteiger partial charge < -0.3 is 4.74 Å². The molecule has 0 amide bonds. The Morgan fingerprint density at radius 2 is 2.53 bits per heavy atom. The number of carbonyl (C=O) groups is 1. The molecule has 1 heterocycles. The highest BCUT2D eigenvalue weighted by Crippen LogP contribution is 2.12. The molecule has 0 radical (unpaired) electrons. The maximum atomic E-state index is 10.8. The smallest absolute Gasteiger partial charge is 0.315 e. The normalized spacial score (nSPS) is 9.33. The quantitative estimate of drug-likeness (QED) is 0.720. The summed E-state index contributed by atoms with van der Waals surface area (Å²) in [7, 11) is 1.36. The molecule has 5 heteroatoms. The molecule has 0 aliphatic rings. The van der Waals surface area contributed by atoms with E-state index in [1.807, 2.05) is 12.1 Å². The molecule has 1 aromatic rings. The second-order valence-corrected chi connectivity index (χ2v) is 3.72. The number of aromatic nitrogens is 1. The van der Waals surface area contributed by atoms with Crippen molar-refractivity contribution < 1.29 is 9.53 Å². The van der Waals surface area contributed by atoms with Crippen LogP contribution in [0.4, 0.5) is 0 Å². The molecule has 0 bridgehead atoms. The highest BCUT2D eigenvalue weighted by atomic mass is 32.2. The number of esters is 1. The topological polar surface area (TPSA) is 63.0 Å². The minimum atomic E-state index is -0.241. The molecule has 4 nitrogen and oxygen atoms in total. The standard InChI is InChI=1S/C10H10N2O2S/c1-14-10(13)7-15-6-8-2-3-12-9(4-8)5-11/h2-4H,6-7H2,1H3. The van der Waals surface area contributed by atoms with Crippen LogP contribution in [-0.2, 0) is 15.3 Å². The van der Waals surface area contributed by atoms with E-state index in [2.05, 4.69) is 9.72 Å². The van der Waals surface area contributed by atoms with Crippen LogP contribution >= 0.6 is 11.8 Å². The van der Waals surface area contributed by atoms with E-state index in [1.165, 1.54) is 18.9 Å². The summed E-state index contributed by atoms with van der Waals surface area (Å²) in [5.41, 5.74) is 1.38. The van der Waals surface area contributed by atoms with Gasteiger partial charge in [0.1, 0.15) is 11.8 Å². The molecule has 0 fully saturated rings. The number of hydrogen-bond donors (Lipinski definition) is 0. The number of methoxy groups -OCH3 is 1. The largest absolute Gasteiger partial charge is 0.468 e. The first-order valence-electron chi connectivity index (χ1n) is 4.26. The molecule has 0 atom stereocenters. The number of nitriles is 1. The molecule has 0 aliphatic carbocycles. The average molecular weight is 222 g/mol. The maximum Gasteiger partial charge on any atom is 0.315 e. The average Bonchev–Trinajstić information content (AvgIpc) is 2.29. The Hall–Kier alpha value is -1.54. The van der Waals surface area contributed by atoms with Gasteiger partial charge in [0.2, 0.25) is 0 Å². The summed E-state index contributed by atoms with van der Waals surface area (Å²) in [6.07, 6.45) is 1.59. The van der Waals surface area contributed by atoms with E-state index in [0.29, 0.717) is 17.2 Å². The Labute approximate surface area is 92.3 Å². The number of thioether (sulfide) groups is 1. The molecule has 78 valence electrons. The molecule has 0 N–H and O–H groups in total. The second-order valence-electron chi connectivity index (χ2n) is 2.73. The van der Waals surface area contributed by atoms with Crippen LogP contribution in [0.2, 0.25) is 0 Å². The van der Waals surface area contributed by atoms with E-state index < -0.39 is 0 Å². The molecule has 0 unspecified atom stereocenters. The number of hydrogen-bond acceptors (Lipinski definition) is 5. The first-order chi connectivity index (χ1) is 7.26. The van der Waals surface area contributed by atoms with Gasteiger partial charge in [-0.2, -0.15) is 5.26 Å². The van der Waals surface area contributed by atoms with Crippen molar-refractivity contribution in [3.05, 3.63) is 29.6 Å². The van der Waals surface area contributed by atoms with E-state index in [1.54, 1.807) is 12.3 Å². The molecule has 15 heavy (non-hydrogen) atoms. The molecular weight excluding hydrogens is 212 g/mol. The molecule has 0 spiro atoms. The van der Waals surface area contributed by atoms with Gasteiger partial charge in [-0.1, -0.05) is 0 Å². The van der Waals surface area contributed by atoms with Gasteiger partial charge in [-0.3, -0.25) is 4.79 Å². The number of carbonyl (C=O) groups excluding carboxylic acids is 1. The van der Waals surface area contributed by atoms with Crippen LogP contribution in [-0.4, -0.2) is 23.8 Å². The minimum Gasteiger partial charge on any atom is -0.468 e. The van der Waals surface area contributed by atoms with Crippen LogP contribution in [0.5, 0.6) is 0 Å². The van der Waals surface area contributed by atoms with E-state index in [0.717, 1.165) is 5.56 Å². The summed E-state index contributed by atoms with van der Waals surface area (Å²) < 4.78 is 4.51. The summed E-state index contributed by atoms with van der Waals surface area (Å²) in [4.78, 5) is 14.7. The third-order valence-electron chi connectivity index (χ3n) is 1.66. The predicted molar refractivity (Wildman–Crippen MR) is 57.1 cm³/mol. The Bertz CT molecular complexity index is 387. The van der Waals surface area contributed by atoms with Crippen LogP contribution in [0, 0.1) is 11.3 Å². The van der Waals surface area contributed by atoms with Crippen LogP contribution in [0.15, 0.2) is 18.3 Å². The predicted octanol–water partition coefficient (Wildman–Crippen LogP) is 1.36. The van der Waals surface area contributed by atoms with Gasteiger partial charge in [-0.25, -0.2) is 4.98 Å². The van der Waals surface area contributed by atoms with E-state index >= 15 is 0 Å². The summed E-state index contributed by atoms with van der Waals surface area (Å²) in [6, 6.07) is 5.50. The van der Waals surface area contributed by atoms with Crippen molar-refractivity contribution in [3.63, 3.8) is 0 Å². The molecule has 1 rings (SSSR count). The highest BCUT2D eigenvalue weighted by Gasteiger charge is 2.01. The van der Waals surface area contributed by atoms with Gasteiger partial charge >= 0.3 is 5.97 Å². The van der Waals surface area contributed by atoms with Crippen molar-refractivity contribution in [1.29, 1.82) is 5.26 Å². The van der Waals surface area contributed by atoms with Gasteiger partial charge in [0.15, 0.2) is 0 Å². The van der Waals surface area contributed by atoms with Crippen LogP contribution < -0.4 is 0 Å². The molecular formula is C10H10N2O2S. The Morgan fingerprint density at radius 1 is 1.73 bits per heavy atom. The molecule has 0 aromatic carbocycles. The van der Waals surface area contributed by atoms with Crippen molar-refractivity contribution in [2.45, 2.75) is 5.75 Å². The fraction of sp³-hybridized carbons (Fsp3) is 0.300. The van der Waals surface area contributed by atoms with Gasteiger partial charge in [-0.05, 0) is 17.7 Å². The van der Waals surface area contributed by atoms with Crippen molar-refractivity contribution in [2.24, 2.45) is 0 Å². The third kappa shape index (κ3) is 4.00. The number of ether oxygens (including phenoxy) is 1. The second kappa shape index (κ2) is 6.04. The van der Waals surface area contributed by atoms with Crippen molar-refractivity contribution >= 4 is 17.7 Å². The van der Waals surface area contributed by atoms with Crippen LogP contribution in [0.1, 0.15) is 11.3 Å². The van der Waals surface area contributed by atoms with Gasteiger partial charge in [0, 0.05) is 11.9 Å². The van der Waals surface area contributed by atoms with Gasteiger partial charge in [0.25, 0.3) is 0 Å². The zero-order chi connectivity index (χ0) is 11.1. The van der Waals surface area contributed by atoms with Gasteiger partial charge in [0.05, 0.1) is 12.9 Å². The monoisotopic (exact) mass is 222 g/mol. The summed E-state index contributed by atoms with van der Waals surface area (Å²) >= 11 is 1.45. The van der Waals surface area contributed by atoms with Crippen LogP contribution in [0.3, 0.4) is 0 Å². The van der Waals surface area contributed by atoms with Gasteiger partial charge in [-0.15, -0.1) is 11.8 Å². The lowest BCUT2D eigenvalue weighted by atomic mass is 10.2. The fourth-order valence-corrected chi connectivity index (χ4v) is 1.74. The minimum absolute atomic E-state index is 0.241. The Balaban J connectivity index is 2.44. The molecule has 0 saturated heterocycles. The Morgan fingerprint density at radius 3 is 3.20 bits per heavy atom. The third-order valence-corrected chi connectivity index (χ3v) is 2.63. The molecule has 0 aliphatic heterocycles. The number of nitrogens with zero attached hydrogens (tertiary/aromatic N) is 2. The van der Waals surface area contributed by atoms with Crippen molar-refractivity contribution in [1.82, 2.24) is 4.98 Å². The first kappa shape index (κ1) is 11.5. The van der Waals surface area contributed by atoms with E-state index in [-0.39, 0.29) is 5.97 Å². The Kier molecular flexibility index (Phi) is 4.64. The SMILES string of the molecule is COC(=O)CSCc1ccnc(C#N)c1. The lowest BCUT2D eigenvalue weighted by Gasteiger charge is -2.00. The molecule has 0 saturated carbocycles. The number of pyridine rings is 1. The number of rotatable bonds is 4. The van der Waals surface area contributed by atoms with Crippen molar-refractivity contribution in [2.75, 3.05) is 12.9 Å². The lowest BCUT2D eigenvalue weighted by Crippen LogP contribution is -2.03. The zero-order valence-electron chi connectivity index (χ0n) is 8.27. The molecule has 1 aromatic heterocycles. The highest BCUT2D eigenvalue weighted by molar-refractivity contribution is 7.99. The summed E-state index contributed by atoms with van der Waals surface area (Å²) in [6.45, 7) is 0. The first-order valence-corrected chi connectivity index (χ1v) is 5.41. The van der Waals surface area contributed by atoms with Crippen LogP contribution in [0.25, 0.3) is 0 Å². The summed E-state index contributed by atoms with van der Waals surface area (Å²) in [5, 5.41) is 8.62. The van der Waals surface area contributed by atoms with E-state index in [4.69, 9.17) is 5.26 Å². The lowest BCUT2D eigenvalue weighted by molar-refractivity contribution is -0.137.